The highest BCUT2D eigenvalue weighted by atomic mass is 14.1. The summed E-state index contributed by atoms with van der Waals surface area (Å²) in [6.45, 7) is 8.76. The Bertz CT molecular complexity index is 223. The van der Waals surface area contributed by atoms with E-state index in [0.29, 0.717) is 5.92 Å². The predicted molar refractivity (Wildman–Crippen MR) is 54.2 cm³/mol. The van der Waals surface area contributed by atoms with Crippen LogP contribution < -0.4 is 0 Å². The zero-order valence-electron chi connectivity index (χ0n) is 8.39. The van der Waals surface area contributed by atoms with E-state index in [-0.39, 0.29) is 0 Å². The van der Waals surface area contributed by atoms with Crippen molar-refractivity contribution in [1.29, 1.82) is 0 Å². The van der Waals surface area contributed by atoms with Gasteiger partial charge in [0.05, 0.1) is 0 Å². The van der Waals surface area contributed by atoms with Gasteiger partial charge in [0, 0.05) is 0 Å². The minimum absolute atomic E-state index is 0.629. The summed E-state index contributed by atoms with van der Waals surface area (Å²) in [6, 6.07) is 8.77. The molecule has 12 heavy (non-hydrogen) atoms. The van der Waals surface area contributed by atoms with Gasteiger partial charge in [0.15, 0.2) is 0 Å². The number of hydrogen-bond acceptors (Lipinski definition) is 0. The van der Waals surface area contributed by atoms with Crippen LogP contribution in [0, 0.1) is 5.92 Å². The van der Waals surface area contributed by atoms with E-state index in [4.69, 9.17) is 0 Å². The van der Waals surface area contributed by atoms with E-state index in [0.717, 1.165) is 0 Å². The van der Waals surface area contributed by atoms with Crippen LogP contribution in [0.5, 0.6) is 0 Å². The van der Waals surface area contributed by atoms with Crippen LogP contribution in [0.4, 0.5) is 0 Å². The summed E-state index contributed by atoms with van der Waals surface area (Å²) in [7, 11) is 0. The maximum atomic E-state index is 2.28. The third kappa shape index (κ3) is 2.10. The topological polar surface area (TPSA) is 0 Å². The van der Waals surface area contributed by atoms with Crippen LogP contribution >= 0.6 is 0 Å². The summed E-state index contributed by atoms with van der Waals surface area (Å²) in [6.07, 6.45) is 0. The van der Waals surface area contributed by atoms with Gasteiger partial charge < -0.3 is 0 Å². The molecule has 0 amide bonds. The highest BCUT2D eigenvalue weighted by Gasteiger charge is 2.02. The monoisotopic (exact) mass is 161 g/mol. The van der Waals surface area contributed by atoms with Gasteiger partial charge in [-0.25, -0.2) is 0 Å². The fraction of sp³-hybridized carbons (Fsp3) is 0.417. The Labute approximate surface area is 75.6 Å². The van der Waals surface area contributed by atoms with Crippen LogP contribution in [0.15, 0.2) is 24.3 Å². The maximum Gasteiger partial charge on any atom is -0.00119 e. The average molecular weight is 161 g/mol. The van der Waals surface area contributed by atoms with Crippen LogP contribution in [0.2, 0.25) is 0 Å². The first-order chi connectivity index (χ1) is 5.61. The van der Waals surface area contributed by atoms with Gasteiger partial charge in [-0.15, -0.1) is 0 Å². The number of benzene rings is 1. The standard InChI is InChI=1S/C12H17/c1-9(2)11-6-5-7-12(8-11)10(3)4/h5-9H,1-4H3. The van der Waals surface area contributed by atoms with E-state index in [1.54, 1.807) is 0 Å². The van der Waals surface area contributed by atoms with E-state index in [9.17, 15) is 0 Å². The van der Waals surface area contributed by atoms with Crippen LogP contribution in [0.3, 0.4) is 0 Å². The Hall–Kier alpha value is -0.780. The molecule has 1 rings (SSSR count). The van der Waals surface area contributed by atoms with Gasteiger partial charge in [-0.2, -0.15) is 0 Å². The summed E-state index contributed by atoms with van der Waals surface area (Å²) in [5, 5.41) is 0. The minimum Gasteiger partial charge on any atom is -0.0617 e. The molecule has 0 nitrogen and oxygen atoms in total. The second-order valence-corrected chi connectivity index (χ2v) is 3.78. The molecule has 0 aliphatic heterocycles. The molecule has 1 radical (unpaired) electrons. The molecule has 0 heteroatoms. The van der Waals surface area contributed by atoms with Crippen molar-refractivity contribution >= 4 is 0 Å². The number of hydrogen-bond donors (Lipinski definition) is 0. The van der Waals surface area contributed by atoms with E-state index >= 15 is 0 Å². The lowest BCUT2D eigenvalue weighted by Crippen LogP contribution is -1.92. The van der Waals surface area contributed by atoms with Gasteiger partial charge in [-0.3, -0.25) is 0 Å². The largest absolute Gasteiger partial charge is 0.0617 e. The summed E-state index contributed by atoms with van der Waals surface area (Å²) < 4.78 is 0. The first-order valence-electron chi connectivity index (χ1n) is 4.51. The fourth-order valence-corrected chi connectivity index (χ4v) is 1.21. The first-order valence-corrected chi connectivity index (χ1v) is 4.51. The summed E-state index contributed by atoms with van der Waals surface area (Å²) >= 11 is 0. The van der Waals surface area contributed by atoms with E-state index in [1.807, 2.05) is 0 Å². The van der Waals surface area contributed by atoms with Gasteiger partial charge in [-0.05, 0) is 23.0 Å². The van der Waals surface area contributed by atoms with Gasteiger partial charge in [0.2, 0.25) is 0 Å². The zero-order chi connectivity index (χ0) is 9.14. The number of rotatable bonds is 2. The molecule has 0 aromatic heterocycles. The molecule has 0 aliphatic carbocycles. The normalized spacial score (nSPS) is 11.2. The second kappa shape index (κ2) is 3.75. The average Bonchev–Trinajstić information content (AvgIpc) is 2.04. The van der Waals surface area contributed by atoms with Crippen molar-refractivity contribution in [3.05, 3.63) is 41.3 Å². The van der Waals surface area contributed by atoms with Crippen molar-refractivity contribution in [3.63, 3.8) is 0 Å². The summed E-state index contributed by atoms with van der Waals surface area (Å²) in [5.41, 5.74) is 2.79. The molecule has 65 valence electrons. The molecule has 0 N–H and O–H groups in total. The fourth-order valence-electron chi connectivity index (χ4n) is 1.21. The van der Waals surface area contributed by atoms with Gasteiger partial charge in [-0.1, -0.05) is 52.0 Å². The van der Waals surface area contributed by atoms with Crippen molar-refractivity contribution < 1.29 is 0 Å². The Morgan fingerprint density at radius 2 is 1.83 bits per heavy atom. The van der Waals surface area contributed by atoms with Crippen molar-refractivity contribution in [2.24, 2.45) is 0 Å². The van der Waals surface area contributed by atoms with Crippen molar-refractivity contribution in [3.8, 4) is 0 Å². The van der Waals surface area contributed by atoms with Crippen molar-refractivity contribution in [2.45, 2.75) is 33.6 Å². The summed E-state index contributed by atoms with van der Waals surface area (Å²) in [4.78, 5) is 0. The molecule has 0 unspecified atom stereocenters. The van der Waals surface area contributed by atoms with Crippen LogP contribution in [-0.4, -0.2) is 0 Å². The Morgan fingerprint density at radius 1 is 1.17 bits per heavy atom. The van der Waals surface area contributed by atoms with Crippen LogP contribution in [-0.2, 0) is 0 Å². The van der Waals surface area contributed by atoms with E-state index < -0.39 is 0 Å². The molecule has 0 fully saturated rings. The maximum absolute atomic E-state index is 2.28. The molecule has 0 atom stereocenters. The molecule has 0 saturated carbocycles. The van der Waals surface area contributed by atoms with Gasteiger partial charge in [0.1, 0.15) is 0 Å². The summed E-state index contributed by atoms with van der Waals surface area (Å²) in [5.74, 6) is 2.02. The molecular formula is C12H17. The van der Waals surface area contributed by atoms with Gasteiger partial charge in [0.25, 0.3) is 0 Å². The third-order valence-electron chi connectivity index (χ3n) is 2.13. The molecule has 1 aromatic rings. The van der Waals surface area contributed by atoms with Crippen molar-refractivity contribution in [2.75, 3.05) is 0 Å². The molecule has 0 saturated heterocycles. The highest BCUT2D eigenvalue weighted by Crippen LogP contribution is 2.19. The lowest BCUT2D eigenvalue weighted by Gasteiger charge is -2.09. The van der Waals surface area contributed by atoms with Crippen LogP contribution in [0.25, 0.3) is 0 Å². The van der Waals surface area contributed by atoms with E-state index in [1.165, 1.54) is 17.0 Å². The first kappa shape index (κ1) is 9.31. The minimum atomic E-state index is 0.629. The third-order valence-corrected chi connectivity index (χ3v) is 2.13. The lowest BCUT2D eigenvalue weighted by atomic mass is 9.96. The zero-order valence-corrected chi connectivity index (χ0v) is 8.39. The van der Waals surface area contributed by atoms with Crippen molar-refractivity contribution in [1.82, 2.24) is 0 Å². The molecule has 0 bridgehead atoms. The molecular weight excluding hydrogens is 144 g/mol. The van der Waals surface area contributed by atoms with Crippen LogP contribution in [0.1, 0.15) is 44.7 Å². The Morgan fingerprint density at radius 3 is 2.33 bits per heavy atom. The van der Waals surface area contributed by atoms with E-state index in [2.05, 4.69) is 52.0 Å². The Kier molecular flexibility index (Phi) is 2.91. The smallest absolute Gasteiger partial charge is 0.00119 e. The predicted octanol–water partition coefficient (Wildman–Crippen LogP) is 3.77. The molecule has 0 heterocycles. The highest BCUT2D eigenvalue weighted by molar-refractivity contribution is 5.33. The quantitative estimate of drug-likeness (QED) is 0.619. The SMILES string of the molecule is C[C](C)c1cccc(C(C)C)c1. The Balaban J connectivity index is 2.96. The second-order valence-electron chi connectivity index (χ2n) is 3.78. The lowest BCUT2D eigenvalue weighted by molar-refractivity contribution is 0.863. The molecule has 1 aromatic carbocycles. The molecule has 0 aliphatic rings. The molecule has 0 spiro atoms. The van der Waals surface area contributed by atoms with Gasteiger partial charge >= 0.3 is 0 Å².